The van der Waals surface area contributed by atoms with Crippen molar-refractivity contribution in [1.29, 1.82) is 0 Å². The second-order valence-electron chi connectivity index (χ2n) is 11.9. The van der Waals surface area contributed by atoms with Crippen LogP contribution in [0.2, 0.25) is 0 Å². The molecule has 3 N–H and O–H groups in total. The number of fused-ring (bicyclic) bond motifs is 5. The number of ketones is 1. The number of hydrogen-bond acceptors (Lipinski definition) is 8. The zero-order valence-electron chi connectivity index (χ0n) is 25.1. The van der Waals surface area contributed by atoms with Gasteiger partial charge >= 0.3 is 12.1 Å². The average Bonchev–Trinajstić information content (AvgIpc) is 3.77. The van der Waals surface area contributed by atoms with E-state index in [9.17, 15) is 27.6 Å². The van der Waals surface area contributed by atoms with E-state index in [2.05, 4.69) is 20.9 Å². The van der Waals surface area contributed by atoms with Gasteiger partial charge in [0.25, 0.3) is 5.91 Å². The maximum atomic E-state index is 13.6. The number of esters is 1. The van der Waals surface area contributed by atoms with Crippen LogP contribution in [0, 0.1) is 5.92 Å². The van der Waals surface area contributed by atoms with Crippen molar-refractivity contribution in [2.24, 2.45) is 5.92 Å². The lowest BCUT2D eigenvalue weighted by Crippen LogP contribution is -2.39. The maximum absolute atomic E-state index is 13.6. The van der Waals surface area contributed by atoms with Crippen molar-refractivity contribution in [3.8, 4) is 11.4 Å². The molecule has 240 valence electrons. The minimum atomic E-state index is -4.84. The van der Waals surface area contributed by atoms with E-state index >= 15 is 0 Å². The minimum Gasteiger partial charge on any atom is -0.466 e. The summed E-state index contributed by atoms with van der Waals surface area (Å²) in [4.78, 5) is 44.6. The minimum absolute atomic E-state index is 0.0413. The molecule has 0 spiro atoms. The quantitative estimate of drug-likeness (QED) is 0.191. The monoisotopic (exact) mass is 626 g/mol. The van der Waals surface area contributed by atoms with Crippen LogP contribution < -0.4 is 20.9 Å². The average molecular weight is 627 g/mol. The Labute approximate surface area is 258 Å². The van der Waals surface area contributed by atoms with E-state index in [0.29, 0.717) is 41.7 Å². The van der Waals surface area contributed by atoms with Crippen LogP contribution in [0.4, 0.5) is 30.2 Å². The molecule has 2 aromatic carbocycles. The number of unbranched alkanes of at least 4 members (excludes halogenated alkanes) is 1. The van der Waals surface area contributed by atoms with Crippen LogP contribution in [0.5, 0.6) is 0 Å². The van der Waals surface area contributed by atoms with E-state index in [-0.39, 0.29) is 37.2 Å². The summed E-state index contributed by atoms with van der Waals surface area (Å²) in [6.45, 7) is 3.69. The number of benzene rings is 2. The van der Waals surface area contributed by atoms with Crippen LogP contribution in [-0.2, 0) is 19.1 Å². The number of Topliss-reactive ketones (excluding diaryl/α,β-unsaturated/α-hetero) is 1. The van der Waals surface area contributed by atoms with Crippen molar-refractivity contribution in [1.82, 2.24) is 14.9 Å². The fourth-order valence-electron chi connectivity index (χ4n) is 6.08. The Bertz CT molecular complexity index is 1600. The van der Waals surface area contributed by atoms with Crippen LogP contribution in [0.25, 0.3) is 22.4 Å². The molecule has 10 nitrogen and oxygen atoms in total. The number of ether oxygens (including phenoxy) is 1. The molecule has 13 heteroatoms. The first-order chi connectivity index (χ1) is 21.6. The molecule has 45 heavy (non-hydrogen) atoms. The van der Waals surface area contributed by atoms with Crippen LogP contribution >= 0.6 is 0 Å². The van der Waals surface area contributed by atoms with Gasteiger partial charge in [-0.25, -0.2) is 4.98 Å². The van der Waals surface area contributed by atoms with Gasteiger partial charge < -0.3 is 20.3 Å². The lowest BCUT2D eigenvalue weighted by molar-refractivity contribution is -0.171. The summed E-state index contributed by atoms with van der Waals surface area (Å²) in [5, 5.41) is 9.69. The molecule has 1 aliphatic carbocycles. The van der Waals surface area contributed by atoms with Crippen molar-refractivity contribution < 1.29 is 32.3 Å². The molecule has 3 heterocycles. The van der Waals surface area contributed by atoms with E-state index in [0.717, 1.165) is 49.2 Å². The Morgan fingerprint density at radius 1 is 1.11 bits per heavy atom. The van der Waals surface area contributed by atoms with Gasteiger partial charge in [-0.05, 0) is 88.4 Å². The molecule has 0 radical (unpaired) electrons. The summed E-state index contributed by atoms with van der Waals surface area (Å²) < 4.78 is 45.0. The number of aromatic nitrogens is 2. The van der Waals surface area contributed by atoms with Gasteiger partial charge in [0.2, 0.25) is 5.78 Å². The summed E-state index contributed by atoms with van der Waals surface area (Å²) in [7, 11) is 0. The highest BCUT2D eigenvalue weighted by molar-refractivity contribution is 6.02. The summed E-state index contributed by atoms with van der Waals surface area (Å²) in [6, 6.07) is 12.0. The van der Waals surface area contributed by atoms with E-state index in [4.69, 9.17) is 9.72 Å². The van der Waals surface area contributed by atoms with Crippen LogP contribution in [0.1, 0.15) is 58.0 Å². The normalized spacial score (nSPS) is 19.8. The number of halogens is 3. The first-order valence-electron chi connectivity index (χ1n) is 15.6. The number of alkyl halides is 3. The van der Waals surface area contributed by atoms with Crippen molar-refractivity contribution in [2.75, 3.05) is 41.8 Å². The van der Waals surface area contributed by atoms with Crippen LogP contribution in [0.15, 0.2) is 36.4 Å². The highest BCUT2D eigenvalue weighted by atomic mass is 19.4. The van der Waals surface area contributed by atoms with Crippen molar-refractivity contribution in [3.63, 3.8) is 0 Å². The number of nitrogens with one attached hydrogen (secondary N) is 3. The molecule has 0 bridgehead atoms. The van der Waals surface area contributed by atoms with E-state index < -0.39 is 24.5 Å². The van der Waals surface area contributed by atoms with Gasteiger partial charge in [-0.1, -0.05) is 0 Å². The molecule has 6 rings (SSSR count). The second kappa shape index (κ2) is 12.7. The van der Waals surface area contributed by atoms with Crippen LogP contribution in [-0.4, -0.2) is 65.7 Å². The molecule has 1 amide bonds. The zero-order chi connectivity index (χ0) is 31.7. The van der Waals surface area contributed by atoms with Crippen LogP contribution in [0.3, 0.4) is 0 Å². The largest absolute Gasteiger partial charge is 0.466 e. The molecular formula is C32H37F3N6O4. The Morgan fingerprint density at radius 3 is 2.69 bits per heavy atom. The number of amides is 1. The van der Waals surface area contributed by atoms with Gasteiger partial charge in [0, 0.05) is 42.5 Å². The third-order valence-electron chi connectivity index (χ3n) is 8.54. The van der Waals surface area contributed by atoms with E-state index in [1.54, 1.807) is 6.92 Å². The molecule has 2 aliphatic heterocycles. The lowest BCUT2D eigenvalue weighted by atomic mass is 9.97. The fraction of sp³-hybridized carbons (Fsp3) is 0.500. The molecule has 2 unspecified atom stereocenters. The standard InChI is InChI=1S/C32H37F3N6O4/c1-2-45-31(44)19-6-5-15-40(18-19)22-11-13-26-25(17-22)38-28-23-16-21(37-20-8-9-20)10-12-24(23)39-30(43)29(41(26)28)36-14-4-3-7-27(42)32(33,34)35/h10-13,16-17,19-20,29,36-37H,2-9,14-15,18H2,1H3,(H,39,43). The van der Waals surface area contributed by atoms with Crippen molar-refractivity contribution >= 4 is 45.8 Å². The number of carbonyl (C=O) groups is 3. The lowest BCUT2D eigenvalue weighted by Gasteiger charge is -2.33. The highest BCUT2D eigenvalue weighted by Crippen LogP contribution is 2.39. The third kappa shape index (κ3) is 6.77. The Balaban J connectivity index is 1.31. The SMILES string of the molecule is CCOC(=O)C1CCCN(c2ccc3c(c2)nc2n3C(NCCCCC(=O)C(F)(F)F)C(=O)Nc3ccc(NC4CC4)cc3-2)C1. The Kier molecular flexibility index (Phi) is 8.71. The molecule has 1 saturated heterocycles. The van der Waals surface area contributed by atoms with Crippen molar-refractivity contribution in [2.45, 2.75) is 70.3 Å². The summed E-state index contributed by atoms with van der Waals surface area (Å²) >= 11 is 0. The third-order valence-corrected chi connectivity index (χ3v) is 8.54. The number of anilines is 3. The topological polar surface area (TPSA) is 118 Å². The zero-order valence-corrected chi connectivity index (χ0v) is 25.1. The Morgan fingerprint density at radius 2 is 1.93 bits per heavy atom. The Hall–Kier alpha value is -4.13. The number of carbonyl (C=O) groups excluding carboxylic acids is 3. The predicted octanol–water partition coefficient (Wildman–Crippen LogP) is 5.40. The number of imidazole rings is 1. The molecule has 1 saturated carbocycles. The summed E-state index contributed by atoms with van der Waals surface area (Å²) in [5.74, 6) is -1.90. The van der Waals surface area contributed by atoms with E-state index in [1.807, 2.05) is 41.0 Å². The number of nitrogens with zero attached hydrogens (tertiary/aromatic N) is 3. The predicted molar refractivity (Wildman–Crippen MR) is 164 cm³/mol. The molecule has 3 aliphatic rings. The molecule has 1 aromatic heterocycles. The number of rotatable bonds is 11. The first kappa shape index (κ1) is 30.9. The molecule has 3 aromatic rings. The summed E-state index contributed by atoms with van der Waals surface area (Å²) in [5.41, 5.74) is 4.56. The summed E-state index contributed by atoms with van der Waals surface area (Å²) in [6.07, 6.45) is -2.19. The second-order valence-corrected chi connectivity index (χ2v) is 11.9. The van der Waals surface area contributed by atoms with Gasteiger partial charge in [-0.15, -0.1) is 0 Å². The number of hydrogen-bond donors (Lipinski definition) is 3. The van der Waals surface area contributed by atoms with Gasteiger partial charge in [-0.3, -0.25) is 24.3 Å². The van der Waals surface area contributed by atoms with Gasteiger partial charge in [-0.2, -0.15) is 13.2 Å². The van der Waals surface area contributed by atoms with Gasteiger partial charge in [0.05, 0.1) is 29.2 Å². The van der Waals surface area contributed by atoms with Gasteiger partial charge in [0.15, 0.2) is 6.17 Å². The molecule has 2 atom stereocenters. The maximum Gasteiger partial charge on any atom is 0.449 e. The molecular weight excluding hydrogens is 589 g/mol. The fourth-order valence-corrected chi connectivity index (χ4v) is 6.08. The van der Waals surface area contributed by atoms with Gasteiger partial charge in [0.1, 0.15) is 5.82 Å². The van der Waals surface area contributed by atoms with Crippen molar-refractivity contribution in [3.05, 3.63) is 36.4 Å². The highest BCUT2D eigenvalue weighted by Gasteiger charge is 2.37. The smallest absolute Gasteiger partial charge is 0.449 e. The molecule has 2 fully saturated rings. The van der Waals surface area contributed by atoms with E-state index in [1.165, 1.54) is 0 Å². The number of piperidine rings is 1. The first-order valence-corrected chi connectivity index (χ1v) is 15.6.